The van der Waals surface area contributed by atoms with Gasteiger partial charge in [-0.1, -0.05) is 24.3 Å². The van der Waals surface area contributed by atoms with E-state index in [0.29, 0.717) is 5.56 Å². The van der Waals surface area contributed by atoms with Gasteiger partial charge in [0, 0.05) is 6.07 Å². The normalized spacial score (nSPS) is 10.5. The van der Waals surface area contributed by atoms with E-state index in [1.54, 1.807) is 6.07 Å². The van der Waals surface area contributed by atoms with Crippen molar-refractivity contribution >= 4 is 28.1 Å². The maximum atomic E-state index is 10.8. The summed E-state index contributed by atoms with van der Waals surface area (Å²) in [7, 11) is 0. The highest BCUT2D eigenvalue weighted by atomic mass is 35.5. The minimum Gasteiger partial charge on any atom is -0.258 e. The first-order valence-electron chi connectivity index (χ1n) is 4.45. The summed E-state index contributed by atoms with van der Waals surface area (Å²) in [6, 6.07) is 10.7. The third kappa shape index (κ3) is 1.66. The molecule has 15 heavy (non-hydrogen) atoms. The van der Waals surface area contributed by atoms with Crippen LogP contribution in [0.1, 0.15) is 5.56 Å². The average Bonchev–Trinajstić information content (AvgIpc) is 2.27. The molecule has 4 heteroatoms. The van der Waals surface area contributed by atoms with Gasteiger partial charge in [-0.2, -0.15) is 0 Å². The van der Waals surface area contributed by atoms with Crippen LogP contribution in [0.5, 0.6) is 0 Å². The Balaban J connectivity index is 2.81. The van der Waals surface area contributed by atoms with Gasteiger partial charge in [-0.3, -0.25) is 10.1 Å². The van der Waals surface area contributed by atoms with E-state index < -0.39 is 4.92 Å². The van der Waals surface area contributed by atoms with Gasteiger partial charge in [0.05, 0.1) is 16.4 Å². The van der Waals surface area contributed by atoms with Crippen LogP contribution in [-0.4, -0.2) is 4.92 Å². The number of nitro groups is 1. The first kappa shape index (κ1) is 9.93. The van der Waals surface area contributed by atoms with Crippen LogP contribution in [0.3, 0.4) is 0 Å². The van der Waals surface area contributed by atoms with Crippen LogP contribution in [0.2, 0.25) is 0 Å². The Morgan fingerprint density at radius 3 is 2.60 bits per heavy atom. The molecule has 0 saturated carbocycles. The smallest absolute Gasteiger partial charge is 0.258 e. The van der Waals surface area contributed by atoms with Crippen molar-refractivity contribution in [1.29, 1.82) is 0 Å². The van der Waals surface area contributed by atoms with Gasteiger partial charge in [0.2, 0.25) is 0 Å². The van der Waals surface area contributed by atoms with Crippen molar-refractivity contribution in [1.82, 2.24) is 0 Å². The summed E-state index contributed by atoms with van der Waals surface area (Å²) in [6.45, 7) is 0. The molecule has 0 radical (unpaired) electrons. The van der Waals surface area contributed by atoms with Gasteiger partial charge in [-0.05, 0) is 16.8 Å². The molecule has 2 aromatic carbocycles. The van der Waals surface area contributed by atoms with E-state index in [1.807, 2.05) is 24.3 Å². The van der Waals surface area contributed by atoms with E-state index in [9.17, 15) is 10.1 Å². The Hall–Kier alpha value is -1.61. The van der Waals surface area contributed by atoms with Crippen molar-refractivity contribution in [3.05, 3.63) is 52.1 Å². The third-order valence-corrected chi connectivity index (χ3v) is 2.61. The van der Waals surface area contributed by atoms with Crippen molar-refractivity contribution in [2.75, 3.05) is 0 Å². The maximum Gasteiger partial charge on any atom is 0.274 e. The van der Waals surface area contributed by atoms with Crippen LogP contribution in [0, 0.1) is 10.1 Å². The number of rotatable bonds is 2. The molecule has 0 spiro atoms. The van der Waals surface area contributed by atoms with Gasteiger partial charge in [0.1, 0.15) is 0 Å². The summed E-state index contributed by atoms with van der Waals surface area (Å²) in [5.41, 5.74) is 0.670. The predicted molar refractivity (Wildman–Crippen MR) is 60.2 cm³/mol. The summed E-state index contributed by atoms with van der Waals surface area (Å²) in [4.78, 5) is 10.4. The highest BCUT2D eigenvalue weighted by Gasteiger charge is 2.15. The van der Waals surface area contributed by atoms with Crippen LogP contribution < -0.4 is 0 Å². The van der Waals surface area contributed by atoms with Crippen molar-refractivity contribution in [3.63, 3.8) is 0 Å². The lowest BCUT2D eigenvalue weighted by molar-refractivity contribution is -0.385. The fourth-order valence-electron chi connectivity index (χ4n) is 1.64. The Bertz CT molecular complexity index is 525. The molecule has 0 aromatic heterocycles. The fourth-order valence-corrected chi connectivity index (χ4v) is 1.92. The number of nitro benzene ring substituents is 1. The molecule has 0 atom stereocenters. The van der Waals surface area contributed by atoms with Gasteiger partial charge >= 0.3 is 0 Å². The van der Waals surface area contributed by atoms with E-state index in [4.69, 9.17) is 11.6 Å². The van der Waals surface area contributed by atoms with E-state index in [0.717, 1.165) is 10.8 Å². The van der Waals surface area contributed by atoms with Crippen LogP contribution in [0.15, 0.2) is 36.4 Å². The molecular formula is C11H8ClNO2. The molecule has 0 aliphatic carbocycles. The highest BCUT2D eigenvalue weighted by molar-refractivity contribution is 6.18. The second-order valence-electron chi connectivity index (χ2n) is 3.18. The molecule has 2 rings (SSSR count). The summed E-state index contributed by atoms with van der Waals surface area (Å²) >= 11 is 5.75. The number of nitrogens with zero attached hydrogens (tertiary/aromatic N) is 1. The van der Waals surface area contributed by atoms with E-state index in [1.165, 1.54) is 6.07 Å². The monoisotopic (exact) mass is 221 g/mol. The number of benzene rings is 2. The van der Waals surface area contributed by atoms with Gasteiger partial charge < -0.3 is 0 Å². The third-order valence-electron chi connectivity index (χ3n) is 2.35. The Morgan fingerprint density at radius 1 is 1.20 bits per heavy atom. The van der Waals surface area contributed by atoms with Gasteiger partial charge in [0.25, 0.3) is 5.69 Å². The van der Waals surface area contributed by atoms with Crippen LogP contribution in [-0.2, 0) is 5.88 Å². The lowest BCUT2D eigenvalue weighted by Gasteiger charge is -2.03. The molecule has 0 fully saturated rings. The first-order valence-corrected chi connectivity index (χ1v) is 4.98. The molecule has 0 heterocycles. The second-order valence-corrected chi connectivity index (χ2v) is 3.44. The number of halogens is 1. The maximum absolute atomic E-state index is 10.8. The molecule has 0 amide bonds. The largest absolute Gasteiger partial charge is 0.274 e. The fraction of sp³-hybridized carbons (Fsp3) is 0.0909. The van der Waals surface area contributed by atoms with Crippen LogP contribution in [0.4, 0.5) is 5.69 Å². The zero-order chi connectivity index (χ0) is 10.8. The molecule has 0 bridgehead atoms. The van der Waals surface area contributed by atoms with Crippen molar-refractivity contribution in [3.8, 4) is 0 Å². The van der Waals surface area contributed by atoms with Crippen molar-refractivity contribution in [2.45, 2.75) is 5.88 Å². The average molecular weight is 222 g/mol. The minimum atomic E-state index is -0.399. The molecule has 2 aromatic rings. The Morgan fingerprint density at radius 2 is 1.93 bits per heavy atom. The Kier molecular flexibility index (Phi) is 2.56. The predicted octanol–water partition coefficient (Wildman–Crippen LogP) is 3.49. The molecule has 0 unspecified atom stereocenters. The van der Waals surface area contributed by atoms with Crippen LogP contribution in [0.25, 0.3) is 10.8 Å². The summed E-state index contributed by atoms with van der Waals surface area (Å²) in [6.07, 6.45) is 0. The first-order chi connectivity index (χ1) is 7.24. The number of hydrogen-bond donors (Lipinski definition) is 0. The SMILES string of the molecule is O=[N+]([O-])c1ccc2ccccc2c1CCl. The van der Waals surface area contributed by atoms with Crippen molar-refractivity contribution in [2.24, 2.45) is 0 Å². The van der Waals surface area contributed by atoms with E-state index >= 15 is 0 Å². The van der Waals surface area contributed by atoms with Crippen molar-refractivity contribution < 1.29 is 4.92 Å². The highest BCUT2D eigenvalue weighted by Crippen LogP contribution is 2.28. The lowest BCUT2D eigenvalue weighted by Crippen LogP contribution is -1.94. The molecule has 76 valence electrons. The lowest BCUT2D eigenvalue weighted by atomic mass is 10.0. The number of alkyl halides is 1. The van der Waals surface area contributed by atoms with Gasteiger partial charge in [-0.15, -0.1) is 11.6 Å². The van der Waals surface area contributed by atoms with Gasteiger partial charge in [-0.25, -0.2) is 0 Å². The molecular weight excluding hydrogens is 214 g/mol. The number of fused-ring (bicyclic) bond motifs is 1. The zero-order valence-electron chi connectivity index (χ0n) is 7.81. The zero-order valence-corrected chi connectivity index (χ0v) is 8.57. The van der Waals surface area contributed by atoms with Crippen LogP contribution >= 0.6 is 11.6 Å². The molecule has 3 nitrogen and oxygen atoms in total. The minimum absolute atomic E-state index is 0.0868. The molecule has 0 N–H and O–H groups in total. The summed E-state index contributed by atoms with van der Waals surface area (Å²) in [5, 5.41) is 12.6. The van der Waals surface area contributed by atoms with E-state index in [2.05, 4.69) is 0 Å². The molecule has 0 aliphatic heterocycles. The van der Waals surface area contributed by atoms with Gasteiger partial charge in [0.15, 0.2) is 0 Å². The second kappa shape index (κ2) is 3.87. The summed E-state index contributed by atoms with van der Waals surface area (Å²) < 4.78 is 0. The van der Waals surface area contributed by atoms with E-state index in [-0.39, 0.29) is 11.6 Å². The standard InChI is InChI=1S/C11H8ClNO2/c12-7-10-9-4-2-1-3-8(9)5-6-11(10)13(14)15/h1-6H,7H2. The Labute approximate surface area is 91.4 Å². The molecule has 0 saturated heterocycles. The topological polar surface area (TPSA) is 43.1 Å². The summed E-state index contributed by atoms with van der Waals surface area (Å²) in [5.74, 6) is 0.150. The molecule has 0 aliphatic rings. The quantitative estimate of drug-likeness (QED) is 0.443. The number of hydrogen-bond acceptors (Lipinski definition) is 2.